The van der Waals surface area contributed by atoms with Crippen LogP contribution in [0.25, 0.3) is 27.6 Å². The molecule has 0 amide bonds. The summed E-state index contributed by atoms with van der Waals surface area (Å²) in [6.07, 6.45) is 7.07. The lowest BCUT2D eigenvalue weighted by atomic mass is 10.1. The molecule has 1 aromatic carbocycles. The average molecular weight is 340 g/mol. The van der Waals surface area contributed by atoms with E-state index in [1.807, 2.05) is 22.7 Å². The van der Waals surface area contributed by atoms with Crippen LogP contribution in [0.15, 0.2) is 55.2 Å². The first-order valence-corrected chi connectivity index (χ1v) is 8.40. The standard InChI is InChI=1S/C20H16N6/c1-12-7-13(2)9-14(8-12)23-20-19-18(15-10-21-5-3-16(15)24-20)25-17-4-6-22-11-26(17)19/h3-11H,1-2H3,(H,23,24). The maximum Gasteiger partial charge on any atom is 0.157 e. The SMILES string of the molecule is Cc1cc(C)cc(Nc2nc3ccncc3c3nc4ccncn4c23)c1. The van der Waals surface area contributed by atoms with Crippen molar-refractivity contribution in [2.24, 2.45) is 0 Å². The second-order valence-electron chi connectivity index (χ2n) is 6.47. The van der Waals surface area contributed by atoms with Gasteiger partial charge >= 0.3 is 0 Å². The molecule has 0 aliphatic heterocycles. The van der Waals surface area contributed by atoms with Crippen LogP contribution in [0, 0.1) is 13.8 Å². The van der Waals surface area contributed by atoms with E-state index in [-0.39, 0.29) is 0 Å². The third-order valence-electron chi connectivity index (χ3n) is 4.42. The van der Waals surface area contributed by atoms with E-state index in [1.54, 1.807) is 18.7 Å². The van der Waals surface area contributed by atoms with Gasteiger partial charge in [0.05, 0.1) is 5.52 Å². The number of aromatic nitrogens is 5. The van der Waals surface area contributed by atoms with Crippen molar-refractivity contribution in [1.29, 1.82) is 0 Å². The summed E-state index contributed by atoms with van der Waals surface area (Å²) in [6.45, 7) is 4.18. The fraction of sp³-hybridized carbons (Fsp3) is 0.100. The maximum absolute atomic E-state index is 4.84. The first kappa shape index (κ1) is 14.8. The van der Waals surface area contributed by atoms with Crippen LogP contribution < -0.4 is 5.32 Å². The Kier molecular flexibility index (Phi) is 3.12. The summed E-state index contributed by atoms with van der Waals surface area (Å²) in [4.78, 5) is 18.1. The lowest BCUT2D eigenvalue weighted by molar-refractivity contribution is 1.11. The lowest BCUT2D eigenvalue weighted by Crippen LogP contribution is -1.99. The molecule has 0 radical (unpaired) electrons. The van der Waals surface area contributed by atoms with Crippen molar-refractivity contribution in [3.8, 4) is 0 Å². The Bertz CT molecular complexity index is 1270. The van der Waals surface area contributed by atoms with E-state index >= 15 is 0 Å². The first-order chi connectivity index (χ1) is 12.7. The van der Waals surface area contributed by atoms with Crippen LogP contribution >= 0.6 is 0 Å². The summed E-state index contributed by atoms with van der Waals surface area (Å²) in [5.41, 5.74) is 6.86. The van der Waals surface area contributed by atoms with E-state index < -0.39 is 0 Å². The zero-order chi connectivity index (χ0) is 17.7. The molecule has 126 valence electrons. The molecule has 0 saturated carbocycles. The molecule has 5 aromatic rings. The van der Waals surface area contributed by atoms with Crippen LogP contribution in [-0.4, -0.2) is 24.3 Å². The van der Waals surface area contributed by atoms with Gasteiger partial charge in [-0.05, 0) is 49.2 Å². The average Bonchev–Trinajstić information content (AvgIpc) is 3.01. The van der Waals surface area contributed by atoms with E-state index in [9.17, 15) is 0 Å². The topological polar surface area (TPSA) is 68.0 Å². The summed E-state index contributed by atoms with van der Waals surface area (Å²) < 4.78 is 1.96. The highest BCUT2D eigenvalue weighted by molar-refractivity contribution is 6.08. The van der Waals surface area contributed by atoms with Crippen molar-refractivity contribution in [2.45, 2.75) is 13.8 Å². The minimum Gasteiger partial charge on any atom is -0.338 e. The van der Waals surface area contributed by atoms with Gasteiger partial charge in [0, 0.05) is 29.7 Å². The molecule has 0 atom stereocenters. The smallest absolute Gasteiger partial charge is 0.157 e. The van der Waals surface area contributed by atoms with Crippen LogP contribution in [0.5, 0.6) is 0 Å². The third kappa shape index (κ3) is 2.27. The molecular formula is C20H16N6. The molecule has 0 aliphatic carbocycles. The van der Waals surface area contributed by atoms with Gasteiger partial charge in [0.1, 0.15) is 23.0 Å². The van der Waals surface area contributed by atoms with Crippen LogP contribution in [-0.2, 0) is 0 Å². The van der Waals surface area contributed by atoms with E-state index in [2.05, 4.69) is 47.3 Å². The van der Waals surface area contributed by atoms with Gasteiger partial charge < -0.3 is 5.32 Å². The molecule has 0 fully saturated rings. The van der Waals surface area contributed by atoms with Crippen molar-refractivity contribution in [1.82, 2.24) is 24.3 Å². The molecule has 0 bridgehead atoms. The van der Waals surface area contributed by atoms with E-state index in [0.717, 1.165) is 39.1 Å². The Morgan fingerprint density at radius 3 is 2.58 bits per heavy atom. The third-order valence-corrected chi connectivity index (χ3v) is 4.42. The van der Waals surface area contributed by atoms with E-state index in [0.29, 0.717) is 0 Å². The molecule has 6 heteroatoms. The molecular weight excluding hydrogens is 324 g/mol. The zero-order valence-corrected chi connectivity index (χ0v) is 14.4. The largest absolute Gasteiger partial charge is 0.338 e. The summed E-state index contributed by atoms with van der Waals surface area (Å²) in [7, 11) is 0. The number of pyridine rings is 2. The molecule has 5 rings (SSSR count). The van der Waals surface area contributed by atoms with Crippen LogP contribution in [0.1, 0.15) is 11.1 Å². The molecule has 0 saturated heterocycles. The van der Waals surface area contributed by atoms with Gasteiger partial charge in [-0.25, -0.2) is 15.0 Å². The van der Waals surface area contributed by atoms with Gasteiger partial charge in [-0.3, -0.25) is 9.38 Å². The minimum absolute atomic E-state index is 0.754. The van der Waals surface area contributed by atoms with Crippen LogP contribution in [0.2, 0.25) is 0 Å². The summed E-state index contributed by atoms with van der Waals surface area (Å²) in [5, 5.41) is 4.41. The number of nitrogens with zero attached hydrogens (tertiary/aromatic N) is 5. The number of hydrogen-bond donors (Lipinski definition) is 1. The Morgan fingerprint density at radius 1 is 0.923 bits per heavy atom. The van der Waals surface area contributed by atoms with Crippen LogP contribution in [0.4, 0.5) is 11.5 Å². The second kappa shape index (κ2) is 5.49. The van der Waals surface area contributed by atoms with Crippen molar-refractivity contribution in [2.75, 3.05) is 5.32 Å². The predicted molar refractivity (Wildman–Crippen MR) is 103 cm³/mol. The molecule has 0 aliphatic rings. The van der Waals surface area contributed by atoms with Crippen molar-refractivity contribution < 1.29 is 0 Å². The fourth-order valence-corrected chi connectivity index (χ4v) is 3.42. The number of nitrogens with one attached hydrogen (secondary N) is 1. The van der Waals surface area contributed by atoms with Crippen molar-refractivity contribution in [3.05, 3.63) is 66.4 Å². The number of hydrogen-bond acceptors (Lipinski definition) is 5. The van der Waals surface area contributed by atoms with Gasteiger partial charge in [0.25, 0.3) is 0 Å². The molecule has 0 spiro atoms. The molecule has 4 aromatic heterocycles. The molecule has 1 N–H and O–H groups in total. The minimum atomic E-state index is 0.754. The number of anilines is 2. The number of benzene rings is 1. The Hall–Kier alpha value is -3.54. The highest BCUT2D eigenvalue weighted by Crippen LogP contribution is 2.31. The number of imidazole rings is 1. The highest BCUT2D eigenvalue weighted by atomic mass is 15.1. The van der Waals surface area contributed by atoms with Gasteiger partial charge in [-0.1, -0.05) is 6.07 Å². The van der Waals surface area contributed by atoms with Crippen LogP contribution in [0.3, 0.4) is 0 Å². The number of rotatable bonds is 2. The lowest BCUT2D eigenvalue weighted by Gasteiger charge is -2.11. The van der Waals surface area contributed by atoms with Gasteiger partial charge in [-0.2, -0.15) is 0 Å². The summed E-state index contributed by atoms with van der Waals surface area (Å²) in [5.74, 6) is 0.754. The maximum atomic E-state index is 4.84. The van der Waals surface area contributed by atoms with Crippen molar-refractivity contribution >= 4 is 39.1 Å². The second-order valence-corrected chi connectivity index (χ2v) is 6.47. The van der Waals surface area contributed by atoms with E-state index in [4.69, 9.17) is 9.97 Å². The Morgan fingerprint density at radius 2 is 1.73 bits per heavy atom. The molecule has 4 heterocycles. The number of fused-ring (bicyclic) bond motifs is 5. The Balaban J connectivity index is 1.84. The zero-order valence-electron chi connectivity index (χ0n) is 14.4. The Labute approximate surface area is 149 Å². The highest BCUT2D eigenvalue weighted by Gasteiger charge is 2.15. The quantitative estimate of drug-likeness (QED) is 0.522. The summed E-state index contributed by atoms with van der Waals surface area (Å²) in [6, 6.07) is 10.2. The van der Waals surface area contributed by atoms with Gasteiger partial charge in [-0.15, -0.1) is 0 Å². The first-order valence-electron chi connectivity index (χ1n) is 8.40. The monoisotopic (exact) mass is 340 g/mol. The van der Waals surface area contributed by atoms with Crippen molar-refractivity contribution in [3.63, 3.8) is 0 Å². The normalized spacial score (nSPS) is 11.5. The predicted octanol–water partition coefficient (Wildman–Crippen LogP) is 4.19. The molecule has 0 unspecified atom stereocenters. The molecule has 6 nitrogen and oxygen atoms in total. The number of aryl methyl sites for hydroxylation is 2. The summed E-state index contributed by atoms with van der Waals surface area (Å²) >= 11 is 0. The molecule has 26 heavy (non-hydrogen) atoms. The van der Waals surface area contributed by atoms with Gasteiger partial charge in [0.15, 0.2) is 5.82 Å². The van der Waals surface area contributed by atoms with Gasteiger partial charge in [0.2, 0.25) is 0 Å². The fourth-order valence-electron chi connectivity index (χ4n) is 3.42. The van der Waals surface area contributed by atoms with E-state index in [1.165, 1.54) is 11.1 Å².